The second-order valence-electron chi connectivity index (χ2n) is 7.96. The molecule has 2 aliphatic heterocycles. The highest BCUT2D eigenvalue weighted by Crippen LogP contribution is 2.19. The van der Waals surface area contributed by atoms with Crippen molar-refractivity contribution in [3.63, 3.8) is 0 Å². The Labute approximate surface area is 145 Å². The summed E-state index contributed by atoms with van der Waals surface area (Å²) in [4.78, 5) is 28.6. The molecule has 0 aromatic heterocycles. The Morgan fingerprint density at radius 2 is 1.83 bits per heavy atom. The number of nitrogens with one attached hydrogen (secondary N) is 1. The van der Waals surface area contributed by atoms with E-state index < -0.39 is 5.60 Å². The molecule has 2 fully saturated rings. The first-order valence-corrected chi connectivity index (χ1v) is 9.33. The van der Waals surface area contributed by atoms with Crippen LogP contribution in [0.5, 0.6) is 0 Å². The fourth-order valence-corrected chi connectivity index (χ4v) is 3.35. The quantitative estimate of drug-likeness (QED) is 0.780. The summed E-state index contributed by atoms with van der Waals surface area (Å²) in [6.07, 6.45) is 4.98. The Bertz CT molecular complexity index is 428. The molecule has 2 heterocycles. The predicted octanol–water partition coefficient (Wildman–Crippen LogP) is 2.24. The standard InChI is InChI=1S/C18H33N3O3/c1-18(2,3)24-17(23)21-13-6-8-15(14-21)16(22)19-9-7-12-20-10-4-5-11-20/h15H,4-14H2,1-3H3,(H,19,22). The number of carbonyl (C=O) groups is 2. The summed E-state index contributed by atoms with van der Waals surface area (Å²) in [6, 6.07) is 0. The average Bonchev–Trinajstić information content (AvgIpc) is 3.03. The van der Waals surface area contributed by atoms with E-state index in [1.165, 1.54) is 25.9 Å². The van der Waals surface area contributed by atoms with E-state index in [0.29, 0.717) is 13.1 Å². The van der Waals surface area contributed by atoms with Crippen molar-refractivity contribution in [3.05, 3.63) is 0 Å². The Balaban J connectivity index is 1.68. The van der Waals surface area contributed by atoms with Crippen LogP contribution >= 0.6 is 0 Å². The second-order valence-corrected chi connectivity index (χ2v) is 7.96. The van der Waals surface area contributed by atoms with Gasteiger partial charge in [-0.25, -0.2) is 4.79 Å². The van der Waals surface area contributed by atoms with Gasteiger partial charge in [0, 0.05) is 19.6 Å². The van der Waals surface area contributed by atoms with Crippen LogP contribution < -0.4 is 5.32 Å². The van der Waals surface area contributed by atoms with E-state index >= 15 is 0 Å². The molecule has 6 nitrogen and oxygen atoms in total. The van der Waals surface area contributed by atoms with Gasteiger partial charge in [-0.15, -0.1) is 0 Å². The summed E-state index contributed by atoms with van der Waals surface area (Å²) in [5.41, 5.74) is -0.498. The van der Waals surface area contributed by atoms with Crippen molar-refractivity contribution >= 4 is 12.0 Å². The maximum Gasteiger partial charge on any atom is 0.410 e. The zero-order valence-corrected chi connectivity index (χ0v) is 15.5. The topological polar surface area (TPSA) is 61.9 Å². The van der Waals surface area contributed by atoms with Gasteiger partial charge in [0.2, 0.25) is 5.91 Å². The average molecular weight is 339 g/mol. The number of hydrogen-bond acceptors (Lipinski definition) is 4. The minimum Gasteiger partial charge on any atom is -0.444 e. The smallest absolute Gasteiger partial charge is 0.410 e. The van der Waals surface area contributed by atoms with Gasteiger partial charge >= 0.3 is 6.09 Å². The fraction of sp³-hybridized carbons (Fsp3) is 0.889. The van der Waals surface area contributed by atoms with Crippen LogP contribution in [0.4, 0.5) is 4.79 Å². The van der Waals surface area contributed by atoms with Crippen LogP contribution in [-0.4, -0.2) is 66.7 Å². The minimum atomic E-state index is -0.498. The lowest BCUT2D eigenvalue weighted by molar-refractivity contribution is -0.126. The van der Waals surface area contributed by atoms with Crippen molar-refractivity contribution in [2.75, 3.05) is 39.3 Å². The molecule has 0 spiro atoms. The van der Waals surface area contributed by atoms with E-state index in [-0.39, 0.29) is 17.9 Å². The molecule has 2 rings (SSSR count). The highest BCUT2D eigenvalue weighted by Gasteiger charge is 2.30. The molecule has 0 aliphatic carbocycles. The number of piperidine rings is 1. The van der Waals surface area contributed by atoms with Crippen molar-refractivity contribution in [3.8, 4) is 0 Å². The van der Waals surface area contributed by atoms with Crippen LogP contribution in [0.25, 0.3) is 0 Å². The van der Waals surface area contributed by atoms with Gasteiger partial charge in [-0.05, 0) is 72.5 Å². The van der Waals surface area contributed by atoms with Crippen molar-refractivity contribution in [1.29, 1.82) is 0 Å². The molecule has 1 atom stereocenters. The molecular formula is C18H33N3O3. The van der Waals surface area contributed by atoms with Crippen molar-refractivity contribution < 1.29 is 14.3 Å². The largest absolute Gasteiger partial charge is 0.444 e. The monoisotopic (exact) mass is 339 g/mol. The summed E-state index contributed by atoms with van der Waals surface area (Å²) in [7, 11) is 0. The zero-order valence-electron chi connectivity index (χ0n) is 15.5. The molecule has 0 bridgehead atoms. The molecular weight excluding hydrogens is 306 g/mol. The Kier molecular flexibility index (Phi) is 6.90. The molecule has 138 valence electrons. The first kappa shape index (κ1) is 19.0. The van der Waals surface area contributed by atoms with Gasteiger partial charge in [0.15, 0.2) is 0 Å². The van der Waals surface area contributed by atoms with Gasteiger partial charge in [-0.1, -0.05) is 0 Å². The molecule has 24 heavy (non-hydrogen) atoms. The van der Waals surface area contributed by atoms with E-state index in [1.807, 2.05) is 20.8 Å². The van der Waals surface area contributed by atoms with Gasteiger partial charge in [0.25, 0.3) is 0 Å². The Morgan fingerprint density at radius 1 is 1.12 bits per heavy atom. The normalized spacial score (nSPS) is 22.5. The fourth-order valence-electron chi connectivity index (χ4n) is 3.35. The maximum absolute atomic E-state index is 12.3. The molecule has 0 saturated carbocycles. The Morgan fingerprint density at radius 3 is 2.50 bits per heavy atom. The number of carbonyl (C=O) groups excluding carboxylic acids is 2. The first-order chi connectivity index (χ1) is 11.3. The summed E-state index contributed by atoms with van der Waals surface area (Å²) in [5.74, 6) is -0.0391. The predicted molar refractivity (Wildman–Crippen MR) is 93.8 cm³/mol. The van der Waals surface area contributed by atoms with Gasteiger partial charge in [0.05, 0.1) is 5.92 Å². The van der Waals surface area contributed by atoms with Crippen LogP contribution in [0, 0.1) is 5.92 Å². The maximum atomic E-state index is 12.3. The SMILES string of the molecule is CC(C)(C)OC(=O)N1CCCC(C(=O)NCCCN2CCCC2)C1. The minimum absolute atomic E-state index is 0.0738. The number of rotatable bonds is 5. The van der Waals surface area contributed by atoms with Crippen LogP contribution in [0.2, 0.25) is 0 Å². The van der Waals surface area contributed by atoms with Crippen molar-refractivity contribution in [1.82, 2.24) is 15.1 Å². The van der Waals surface area contributed by atoms with Crippen LogP contribution in [0.1, 0.15) is 52.9 Å². The molecule has 2 aliphatic rings. The van der Waals surface area contributed by atoms with E-state index in [2.05, 4.69) is 10.2 Å². The third-order valence-corrected chi connectivity index (χ3v) is 4.59. The number of ether oxygens (including phenoxy) is 1. The van der Waals surface area contributed by atoms with Crippen LogP contribution in [0.3, 0.4) is 0 Å². The van der Waals surface area contributed by atoms with Crippen molar-refractivity contribution in [2.45, 2.75) is 58.5 Å². The van der Waals surface area contributed by atoms with Gasteiger partial charge in [-0.3, -0.25) is 4.79 Å². The Hall–Kier alpha value is -1.30. The molecule has 2 saturated heterocycles. The van der Waals surface area contributed by atoms with E-state index in [0.717, 1.165) is 32.4 Å². The second kappa shape index (κ2) is 8.70. The molecule has 0 aromatic rings. The highest BCUT2D eigenvalue weighted by atomic mass is 16.6. The highest BCUT2D eigenvalue weighted by molar-refractivity contribution is 5.80. The number of hydrogen-bond donors (Lipinski definition) is 1. The van der Waals surface area contributed by atoms with Gasteiger partial charge in [-0.2, -0.15) is 0 Å². The van der Waals surface area contributed by atoms with Crippen molar-refractivity contribution in [2.24, 2.45) is 5.92 Å². The molecule has 6 heteroatoms. The number of likely N-dealkylation sites (tertiary alicyclic amines) is 2. The summed E-state index contributed by atoms with van der Waals surface area (Å²) in [6.45, 7) is 10.9. The summed E-state index contributed by atoms with van der Waals surface area (Å²) < 4.78 is 5.41. The lowest BCUT2D eigenvalue weighted by atomic mass is 9.97. The number of amides is 2. The van der Waals surface area contributed by atoms with Gasteiger partial charge < -0.3 is 19.9 Å². The lowest BCUT2D eigenvalue weighted by Gasteiger charge is -2.33. The number of nitrogens with zero attached hydrogens (tertiary/aromatic N) is 2. The van der Waals surface area contributed by atoms with E-state index in [9.17, 15) is 9.59 Å². The van der Waals surface area contributed by atoms with Crippen LogP contribution in [-0.2, 0) is 9.53 Å². The lowest BCUT2D eigenvalue weighted by Crippen LogP contribution is -2.47. The van der Waals surface area contributed by atoms with Crippen LogP contribution in [0.15, 0.2) is 0 Å². The third-order valence-electron chi connectivity index (χ3n) is 4.59. The molecule has 2 amide bonds. The van der Waals surface area contributed by atoms with E-state index in [1.54, 1.807) is 4.90 Å². The molecule has 0 radical (unpaired) electrons. The van der Waals surface area contributed by atoms with Gasteiger partial charge in [0.1, 0.15) is 5.60 Å². The molecule has 0 aromatic carbocycles. The first-order valence-electron chi connectivity index (χ1n) is 9.33. The summed E-state index contributed by atoms with van der Waals surface area (Å²) >= 11 is 0. The van der Waals surface area contributed by atoms with E-state index in [4.69, 9.17) is 4.74 Å². The summed E-state index contributed by atoms with van der Waals surface area (Å²) in [5, 5.41) is 3.04. The molecule has 1 unspecified atom stereocenters. The zero-order chi connectivity index (χ0) is 17.6. The molecule has 1 N–H and O–H groups in total. The third kappa shape index (κ3) is 6.30.